The number of imidazole rings is 1. The number of nitrogens with one attached hydrogen (secondary N) is 1. The summed E-state index contributed by atoms with van der Waals surface area (Å²) in [5, 5.41) is 10.5. The molecule has 0 spiro atoms. The summed E-state index contributed by atoms with van der Waals surface area (Å²) in [5.41, 5.74) is 0.920. The van der Waals surface area contributed by atoms with Crippen molar-refractivity contribution in [3.8, 4) is 0 Å². The van der Waals surface area contributed by atoms with Crippen LogP contribution in [0, 0.1) is 17.0 Å². The van der Waals surface area contributed by atoms with E-state index in [9.17, 15) is 14.9 Å². The Morgan fingerprint density at radius 2 is 2.05 bits per heavy atom. The fraction of sp³-hybridized carbons (Fsp3) is 0.231. The number of aryl methyl sites for hydroxylation is 1. The summed E-state index contributed by atoms with van der Waals surface area (Å²) in [6.45, 7) is 1.98. The Labute approximate surface area is 127 Å². The number of hydrogen-bond acceptors (Lipinski definition) is 4. The number of ether oxygens (including phenoxy) is 1. The molecule has 8 heteroatoms. The van der Waals surface area contributed by atoms with Crippen molar-refractivity contribution in [2.24, 2.45) is 0 Å². The van der Waals surface area contributed by atoms with E-state index in [1.54, 1.807) is 31.5 Å². The first-order chi connectivity index (χ1) is 9.58. The van der Waals surface area contributed by atoms with E-state index in [0.29, 0.717) is 12.2 Å². The molecule has 21 heavy (non-hydrogen) atoms. The van der Waals surface area contributed by atoms with E-state index in [-0.39, 0.29) is 24.7 Å². The third kappa shape index (κ3) is 4.28. The molecule has 2 rings (SSSR count). The van der Waals surface area contributed by atoms with Gasteiger partial charge in [0.1, 0.15) is 12.4 Å². The molecule has 112 valence electrons. The van der Waals surface area contributed by atoms with Gasteiger partial charge >= 0.3 is 6.09 Å². The van der Waals surface area contributed by atoms with Crippen molar-refractivity contribution in [3.63, 3.8) is 0 Å². The van der Waals surface area contributed by atoms with Gasteiger partial charge in [-0.1, -0.05) is 12.1 Å². The minimum Gasteiger partial charge on any atom is -1.00 e. The predicted octanol–water partition coefficient (Wildman–Crippen LogP) is -1.25. The third-order valence-corrected chi connectivity index (χ3v) is 2.84. The van der Waals surface area contributed by atoms with Crippen LogP contribution in [0.25, 0.3) is 0 Å². The number of rotatable bonds is 4. The smallest absolute Gasteiger partial charge is 0.511 e. The van der Waals surface area contributed by atoms with Crippen LogP contribution in [-0.2, 0) is 11.2 Å². The van der Waals surface area contributed by atoms with Crippen LogP contribution in [0.2, 0.25) is 0 Å². The van der Waals surface area contributed by atoms with Crippen molar-refractivity contribution in [2.45, 2.75) is 13.3 Å². The number of benzene rings is 1. The molecule has 0 fully saturated rings. The second-order valence-electron chi connectivity index (χ2n) is 4.20. The SMILES string of the molecule is Cc1[nH]cc[n+]1C(=O)OCCc1ccc([N+](=O)[O-])cc1.[Cl-]. The summed E-state index contributed by atoms with van der Waals surface area (Å²) in [5.74, 6) is 0.685. The van der Waals surface area contributed by atoms with Crippen LogP contribution in [0.4, 0.5) is 10.5 Å². The Hall–Kier alpha value is -2.41. The first-order valence-corrected chi connectivity index (χ1v) is 6.04. The molecule has 0 atom stereocenters. The topological polar surface area (TPSA) is 89.1 Å². The van der Waals surface area contributed by atoms with Crippen LogP contribution < -0.4 is 17.0 Å². The highest BCUT2D eigenvalue weighted by atomic mass is 35.5. The molecular formula is C13H14ClN3O4. The van der Waals surface area contributed by atoms with Gasteiger partial charge in [-0.15, -0.1) is 4.57 Å². The summed E-state index contributed by atoms with van der Waals surface area (Å²) in [7, 11) is 0. The van der Waals surface area contributed by atoms with Gasteiger partial charge < -0.3 is 17.1 Å². The van der Waals surface area contributed by atoms with Gasteiger partial charge in [0, 0.05) is 25.5 Å². The molecule has 0 saturated carbocycles. The molecule has 0 radical (unpaired) electrons. The van der Waals surface area contributed by atoms with E-state index in [4.69, 9.17) is 4.74 Å². The quantitative estimate of drug-likeness (QED) is 0.434. The zero-order valence-corrected chi connectivity index (χ0v) is 12.0. The molecule has 0 aliphatic carbocycles. The molecule has 0 aliphatic heterocycles. The Morgan fingerprint density at radius 3 is 2.57 bits per heavy atom. The molecule has 1 aromatic heterocycles. The maximum Gasteiger partial charge on any atom is 0.511 e. The maximum absolute atomic E-state index is 11.7. The van der Waals surface area contributed by atoms with Crippen LogP contribution in [-0.4, -0.2) is 22.6 Å². The number of carbonyl (C=O) groups is 1. The van der Waals surface area contributed by atoms with Crippen molar-refractivity contribution in [3.05, 3.63) is 58.2 Å². The number of nitro benzene ring substituents is 1. The van der Waals surface area contributed by atoms with Crippen molar-refractivity contribution in [1.82, 2.24) is 4.98 Å². The molecule has 0 saturated heterocycles. The molecule has 0 amide bonds. The van der Waals surface area contributed by atoms with Crippen LogP contribution >= 0.6 is 0 Å². The first-order valence-electron chi connectivity index (χ1n) is 6.04. The monoisotopic (exact) mass is 311 g/mol. The summed E-state index contributed by atoms with van der Waals surface area (Å²) in [6, 6.07) is 6.17. The highest BCUT2D eigenvalue weighted by Gasteiger charge is 2.16. The van der Waals surface area contributed by atoms with Gasteiger partial charge in [0.2, 0.25) is 0 Å². The van der Waals surface area contributed by atoms with E-state index in [2.05, 4.69) is 4.98 Å². The minimum absolute atomic E-state index is 0. The number of aromatic nitrogens is 2. The number of nitro groups is 1. The minimum atomic E-state index is -0.453. The van der Waals surface area contributed by atoms with Crippen molar-refractivity contribution < 1.29 is 31.4 Å². The largest absolute Gasteiger partial charge is 1.00 e. The van der Waals surface area contributed by atoms with Crippen LogP contribution in [0.5, 0.6) is 0 Å². The van der Waals surface area contributed by atoms with E-state index in [0.717, 1.165) is 5.56 Å². The summed E-state index contributed by atoms with van der Waals surface area (Å²) in [6.07, 6.45) is 3.29. The molecule has 7 nitrogen and oxygen atoms in total. The zero-order chi connectivity index (χ0) is 14.5. The Morgan fingerprint density at radius 1 is 1.38 bits per heavy atom. The highest BCUT2D eigenvalue weighted by Crippen LogP contribution is 2.12. The van der Waals surface area contributed by atoms with Crippen LogP contribution in [0.3, 0.4) is 0 Å². The average molecular weight is 312 g/mol. The fourth-order valence-corrected chi connectivity index (χ4v) is 1.72. The van der Waals surface area contributed by atoms with E-state index >= 15 is 0 Å². The van der Waals surface area contributed by atoms with Gasteiger partial charge in [-0.2, -0.15) is 4.79 Å². The number of non-ortho nitro benzene ring substituents is 1. The third-order valence-electron chi connectivity index (χ3n) is 2.84. The Balaban J connectivity index is 0.00000220. The number of halogens is 1. The van der Waals surface area contributed by atoms with Crippen LogP contribution in [0.1, 0.15) is 11.4 Å². The molecule has 1 heterocycles. The van der Waals surface area contributed by atoms with Crippen molar-refractivity contribution in [2.75, 3.05) is 6.61 Å². The standard InChI is InChI=1S/C13H13N3O4.ClH/c1-10-14-7-8-15(10)13(17)20-9-6-11-2-4-12(5-3-11)16(18)19;/h2-5,7-8H,6,9H2,1H3;1H. The van der Waals surface area contributed by atoms with Gasteiger partial charge in [-0.25, -0.2) is 4.98 Å². The van der Waals surface area contributed by atoms with Crippen molar-refractivity contribution >= 4 is 11.8 Å². The summed E-state index contributed by atoms with van der Waals surface area (Å²) >= 11 is 0. The maximum atomic E-state index is 11.7. The Bertz CT molecular complexity index is 625. The zero-order valence-electron chi connectivity index (χ0n) is 11.3. The predicted molar refractivity (Wildman–Crippen MR) is 69.3 cm³/mol. The van der Waals surface area contributed by atoms with E-state index < -0.39 is 11.0 Å². The first kappa shape index (κ1) is 16.6. The lowest BCUT2D eigenvalue weighted by Gasteiger charge is -2.02. The van der Waals surface area contributed by atoms with E-state index in [1.807, 2.05) is 0 Å². The molecular weight excluding hydrogens is 298 g/mol. The number of H-pyrrole nitrogens is 1. The molecule has 0 unspecified atom stereocenters. The second kappa shape index (κ2) is 7.39. The molecule has 1 aromatic carbocycles. The number of aromatic amines is 1. The Kier molecular flexibility index (Phi) is 5.86. The highest BCUT2D eigenvalue weighted by molar-refractivity contribution is 5.56. The van der Waals surface area contributed by atoms with E-state index in [1.165, 1.54) is 16.7 Å². The number of hydrogen-bond donors (Lipinski definition) is 1. The number of carbonyl (C=O) groups excluding carboxylic acids is 1. The lowest BCUT2D eigenvalue weighted by Crippen LogP contribution is -3.00. The van der Waals surface area contributed by atoms with Gasteiger partial charge in [-0.3, -0.25) is 10.1 Å². The fourth-order valence-electron chi connectivity index (χ4n) is 1.72. The summed E-state index contributed by atoms with van der Waals surface area (Å²) in [4.78, 5) is 24.6. The second-order valence-corrected chi connectivity index (χ2v) is 4.20. The number of nitrogens with zero attached hydrogens (tertiary/aromatic N) is 2. The average Bonchev–Trinajstić information content (AvgIpc) is 2.85. The lowest BCUT2D eigenvalue weighted by atomic mass is 10.1. The van der Waals surface area contributed by atoms with Gasteiger partial charge in [0.05, 0.1) is 11.5 Å². The van der Waals surface area contributed by atoms with Gasteiger partial charge in [-0.05, 0) is 5.56 Å². The van der Waals surface area contributed by atoms with Gasteiger partial charge in [0.15, 0.2) is 0 Å². The molecule has 0 aliphatic rings. The molecule has 1 N–H and O–H groups in total. The lowest BCUT2D eigenvalue weighted by molar-refractivity contribution is -0.591. The summed E-state index contributed by atoms with van der Waals surface area (Å²) < 4.78 is 6.49. The molecule has 2 aromatic rings. The van der Waals surface area contributed by atoms with Gasteiger partial charge in [0.25, 0.3) is 11.5 Å². The normalized spacial score (nSPS) is 9.76. The van der Waals surface area contributed by atoms with Crippen LogP contribution in [0.15, 0.2) is 36.7 Å². The van der Waals surface area contributed by atoms with Crippen molar-refractivity contribution in [1.29, 1.82) is 0 Å². The molecule has 0 bridgehead atoms.